The van der Waals surface area contributed by atoms with Gasteiger partial charge in [-0.2, -0.15) is 4.72 Å². The maximum atomic E-state index is 12.0. The summed E-state index contributed by atoms with van der Waals surface area (Å²) in [6.07, 6.45) is 0. The first-order chi connectivity index (χ1) is 9.33. The average Bonchev–Trinajstić information content (AvgIpc) is 2.74. The van der Waals surface area contributed by atoms with Gasteiger partial charge in [-0.15, -0.1) is 0 Å². The van der Waals surface area contributed by atoms with E-state index in [1.165, 1.54) is 18.2 Å². The van der Waals surface area contributed by atoms with Gasteiger partial charge in [0.1, 0.15) is 6.04 Å². The Bertz CT molecular complexity index is 806. The normalized spacial score (nSPS) is 13.4. The second kappa shape index (κ2) is 5.07. The molecule has 0 saturated carbocycles. The molecule has 2 rings (SSSR count). The van der Waals surface area contributed by atoms with E-state index in [1.807, 2.05) is 4.72 Å². The number of aliphatic hydroxyl groups excluding tert-OH is 1. The van der Waals surface area contributed by atoms with Gasteiger partial charge >= 0.3 is 11.7 Å². The molecule has 0 aliphatic heterocycles. The van der Waals surface area contributed by atoms with Crippen LogP contribution >= 0.6 is 0 Å². The molecule has 0 spiro atoms. The summed E-state index contributed by atoms with van der Waals surface area (Å²) in [6.45, 7) is -0.877. The Morgan fingerprint density at radius 2 is 1.95 bits per heavy atom. The van der Waals surface area contributed by atoms with E-state index in [-0.39, 0.29) is 10.4 Å². The molecule has 10 heteroatoms. The van der Waals surface area contributed by atoms with Gasteiger partial charge in [-0.05, 0) is 18.2 Å². The third-order valence-corrected chi connectivity index (χ3v) is 4.05. The number of aliphatic carboxylic acids is 1. The zero-order chi connectivity index (χ0) is 14.9. The van der Waals surface area contributed by atoms with E-state index in [1.54, 1.807) is 0 Å². The zero-order valence-electron chi connectivity index (χ0n) is 9.95. The minimum absolute atomic E-state index is 0.222. The summed E-state index contributed by atoms with van der Waals surface area (Å²) in [5.41, 5.74) is 0.209. The number of hydrogen-bond acceptors (Lipinski definition) is 5. The molecule has 0 aliphatic rings. The molecule has 1 aromatic carbocycles. The number of rotatable bonds is 5. The predicted molar refractivity (Wildman–Crippen MR) is 67.8 cm³/mol. The Labute approximate surface area is 112 Å². The van der Waals surface area contributed by atoms with E-state index in [2.05, 4.69) is 9.97 Å². The first-order valence-electron chi connectivity index (χ1n) is 5.41. The van der Waals surface area contributed by atoms with Crippen LogP contribution in [0.25, 0.3) is 11.0 Å². The van der Waals surface area contributed by atoms with Crippen molar-refractivity contribution in [1.29, 1.82) is 0 Å². The van der Waals surface area contributed by atoms with E-state index in [9.17, 15) is 18.0 Å². The molecule has 0 saturated heterocycles. The number of aromatic nitrogens is 2. The molecule has 0 aliphatic carbocycles. The minimum Gasteiger partial charge on any atom is -0.480 e. The van der Waals surface area contributed by atoms with Crippen LogP contribution in [0.3, 0.4) is 0 Å². The van der Waals surface area contributed by atoms with Crippen molar-refractivity contribution < 1.29 is 23.4 Å². The molecule has 0 unspecified atom stereocenters. The molecule has 1 aromatic heterocycles. The monoisotopic (exact) mass is 301 g/mol. The van der Waals surface area contributed by atoms with Gasteiger partial charge in [0.2, 0.25) is 10.0 Å². The summed E-state index contributed by atoms with van der Waals surface area (Å²) in [7, 11) is -4.13. The molecule has 0 bridgehead atoms. The molecule has 2 aromatic rings. The van der Waals surface area contributed by atoms with Crippen LogP contribution < -0.4 is 10.4 Å². The molecule has 1 atom stereocenters. The highest BCUT2D eigenvalue weighted by atomic mass is 32.2. The molecular formula is C10H11N3O6S. The third-order valence-electron chi connectivity index (χ3n) is 2.58. The number of hydrogen-bond donors (Lipinski definition) is 5. The standard InChI is InChI=1S/C10H11N3O6S/c14-4-8(9(15)16)13-20(18,19)5-1-2-6-7(3-5)12-10(17)11-6/h1-3,8,13-14H,4H2,(H,15,16)(H2,11,12,17)/t8-/m0/s1. The number of imidazole rings is 1. The number of aliphatic hydroxyl groups is 1. The summed E-state index contributed by atoms with van der Waals surface area (Å²) >= 11 is 0. The van der Waals surface area contributed by atoms with Crippen molar-refractivity contribution >= 4 is 27.0 Å². The summed E-state index contributed by atoms with van der Waals surface area (Å²) in [4.78, 5) is 26.4. The Morgan fingerprint density at radius 3 is 2.55 bits per heavy atom. The summed E-state index contributed by atoms with van der Waals surface area (Å²) in [5.74, 6) is -1.49. The van der Waals surface area contributed by atoms with Crippen LogP contribution in [0.4, 0.5) is 0 Å². The van der Waals surface area contributed by atoms with Crippen molar-refractivity contribution in [2.75, 3.05) is 6.61 Å². The zero-order valence-corrected chi connectivity index (χ0v) is 10.8. The number of nitrogens with one attached hydrogen (secondary N) is 3. The lowest BCUT2D eigenvalue weighted by Gasteiger charge is -2.12. The van der Waals surface area contributed by atoms with Crippen molar-refractivity contribution in [1.82, 2.24) is 14.7 Å². The van der Waals surface area contributed by atoms with Gasteiger partial charge in [-0.1, -0.05) is 0 Å². The lowest BCUT2D eigenvalue weighted by atomic mass is 10.3. The minimum atomic E-state index is -4.13. The number of carboxylic acids is 1. The Hall–Kier alpha value is -2.17. The fraction of sp³-hybridized carbons (Fsp3) is 0.200. The van der Waals surface area contributed by atoms with Gasteiger partial charge in [-0.25, -0.2) is 13.2 Å². The highest BCUT2D eigenvalue weighted by molar-refractivity contribution is 7.89. The van der Waals surface area contributed by atoms with E-state index in [4.69, 9.17) is 10.2 Å². The van der Waals surface area contributed by atoms with Crippen LogP contribution in [0.5, 0.6) is 0 Å². The lowest BCUT2D eigenvalue weighted by Crippen LogP contribution is -2.43. The van der Waals surface area contributed by atoms with E-state index < -0.39 is 34.3 Å². The van der Waals surface area contributed by atoms with Crippen molar-refractivity contribution in [3.63, 3.8) is 0 Å². The van der Waals surface area contributed by atoms with E-state index in [0.29, 0.717) is 5.52 Å². The van der Waals surface area contributed by atoms with Crippen molar-refractivity contribution in [3.05, 3.63) is 28.7 Å². The highest BCUT2D eigenvalue weighted by Crippen LogP contribution is 2.15. The van der Waals surface area contributed by atoms with Crippen molar-refractivity contribution in [3.8, 4) is 0 Å². The van der Waals surface area contributed by atoms with Crippen LogP contribution in [0, 0.1) is 0 Å². The molecule has 108 valence electrons. The Balaban J connectivity index is 2.40. The second-order valence-corrected chi connectivity index (χ2v) is 5.70. The smallest absolute Gasteiger partial charge is 0.324 e. The van der Waals surface area contributed by atoms with Crippen LogP contribution in [0.2, 0.25) is 0 Å². The summed E-state index contributed by atoms with van der Waals surface area (Å²) in [5, 5.41) is 17.5. The molecule has 1 heterocycles. The van der Waals surface area contributed by atoms with Gasteiger partial charge in [-0.3, -0.25) is 4.79 Å². The largest absolute Gasteiger partial charge is 0.480 e. The quantitative estimate of drug-likeness (QED) is 0.457. The molecule has 0 radical (unpaired) electrons. The Kier molecular flexibility index (Phi) is 3.61. The van der Waals surface area contributed by atoms with E-state index in [0.717, 1.165) is 0 Å². The molecule has 0 amide bonds. The third kappa shape index (κ3) is 2.71. The number of sulfonamides is 1. The van der Waals surface area contributed by atoms with Crippen LogP contribution in [0.1, 0.15) is 0 Å². The van der Waals surface area contributed by atoms with E-state index >= 15 is 0 Å². The molecule has 0 fully saturated rings. The number of H-pyrrole nitrogens is 2. The lowest BCUT2D eigenvalue weighted by molar-refractivity contribution is -0.139. The van der Waals surface area contributed by atoms with Crippen LogP contribution in [-0.4, -0.2) is 47.2 Å². The SMILES string of the molecule is O=C(O)[C@H](CO)NS(=O)(=O)c1ccc2[nH]c(=O)[nH]c2c1. The number of carbonyl (C=O) groups is 1. The van der Waals surface area contributed by atoms with Crippen LogP contribution in [0.15, 0.2) is 27.9 Å². The van der Waals surface area contributed by atoms with Crippen molar-refractivity contribution in [2.45, 2.75) is 10.9 Å². The molecule has 5 N–H and O–H groups in total. The number of fused-ring (bicyclic) bond motifs is 1. The first-order valence-corrected chi connectivity index (χ1v) is 6.90. The van der Waals surface area contributed by atoms with Crippen molar-refractivity contribution in [2.24, 2.45) is 0 Å². The average molecular weight is 301 g/mol. The topological polar surface area (TPSA) is 152 Å². The summed E-state index contributed by atoms with van der Waals surface area (Å²) in [6, 6.07) is 2.13. The fourth-order valence-electron chi connectivity index (χ4n) is 1.60. The van der Waals surface area contributed by atoms with Gasteiger partial charge in [0, 0.05) is 0 Å². The van der Waals surface area contributed by atoms with Crippen LogP contribution in [-0.2, 0) is 14.8 Å². The highest BCUT2D eigenvalue weighted by Gasteiger charge is 2.24. The molecular weight excluding hydrogens is 290 g/mol. The van der Waals surface area contributed by atoms with Gasteiger partial charge in [0.15, 0.2) is 0 Å². The number of carboxylic acid groups (broad SMARTS) is 1. The van der Waals surface area contributed by atoms with Gasteiger partial charge in [0.25, 0.3) is 0 Å². The second-order valence-electron chi connectivity index (χ2n) is 3.98. The molecule has 9 nitrogen and oxygen atoms in total. The first kappa shape index (κ1) is 14.2. The number of aromatic amines is 2. The predicted octanol–water partition coefficient (Wildman–Crippen LogP) is -1.42. The Morgan fingerprint density at radius 1 is 1.30 bits per heavy atom. The van der Waals surface area contributed by atoms with Gasteiger partial charge < -0.3 is 20.2 Å². The maximum absolute atomic E-state index is 12.0. The molecule has 20 heavy (non-hydrogen) atoms. The number of benzene rings is 1. The fourth-order valence-corrected chi connectivity index (χ4v) is 2.81. The maximum Gasteiger partial charge on any atom is 0.324 e. The van der Waals surface area contributed by atoms with Gasteiger partial charge in [0.05, 0.1) is 22.5 Å². The summed E-state index contributed by atoms with van der Waals surface area (Å²) < 4.78 is 25.8.